The van der Waals surface area contributed by atoms with Gasteiger partial charge in [0.1, 0.15) is 5.58 Å². The number of nitrogens with one attached hydrogen (secondary N) is 1. The monoisotopic (exact) mass is 314 g/mol. The Morgan fingerprint density at radius 3 is 2.86 bits per heavy atom. The first-order valence-corrected chi connectivity index (χ1v) is 8.11. The minimum atomic E-state index is -0.0710. The maximum Gasteiger partial charge on any atom is 0.230 e. The Bertz CT molecular complexity index is 813. The number of thiazole rings is 1. The Balaban J connectivity index is 1.78. The number of hydrogen-bond acceptors (Lipinski definition) is 4. The highest BCUT2D eigenvalue weighted by atomic mass is 32.1. The Labute approximate surface area is 133 Å². The Morgan fingerprint density at radius 1 is 1.36 bits per heavy atom. The third kappa shape index (κ3) is 2.90. The number of rotatable bonds is 4. The molecule has 3 rings (SSSR count). The topological polar surface area (TPSA) is 55.1 Å². The minimum Gasteiger partial charge on any atom is -0.464 e. The zero-order valence-electron chi connectivity index (χ0n) is 12.9. The molecule has 0 saturated carbocycles. The Morgan fingerprint density at radius 2 is 2.18 bits per heavy atom. The standard InChI is InChI=1S/C17H18N2O2S/c1-4-12-5-6-15-14(7-12)13(9-21-15)8-16(20)19-17-18-10(2)11(3)22-17/h5-7,9H,4,8H2,1-3H3,(H,18,19,20). The summed E-state index contributed by atoms with van der Waals surface area (Å²) in [5.74, 6) is -0.0710. The molecule has 114 valence electrons. The van der Waals surface area contributed by atoms with Gasteiger partial charge in [-0.05, 0) is 38.0 Å². The number of nitrogens with zero attached hydrogens (tertiary/aromatic N) is 1. The van der Waals surface area contributed by atoms with Crippen molar-refractivity contribution in [1.82, 2.24) is 4.98 Å². The molecule has 1 N–H and O–H groups in total. The predicted octanol–water partition coefficient (Wildman–Crippen LogP) is 4.25. The first-order chi connectivity index (χ1) is 10.6. The molecule has 4 nitrogen and oxygen atoms in total. The van der Waals surface area contributed by atoms with Crippen molar-refractivity contribution in [2.75, 3.05) is 5.32 Å². The highest BCUT2D eigenvalue weighted by molar-refractivity contribution is 7.15. The molecule has 0 saturated heterocycles. The average Bonchev–Trinajstić information content (AvgIpc) is 3.02. The molecule has 0 aliphatic rings. The van der Waals surface area contributed by atoms with Crippen LogP contribution < -0.4 is 5.32 Å². The summed E-state index contributed by atoms with van der Waals surface area (Å²) in [4.78, 5) is 17.7. The summed E-state index contributed by atoms with van der Waals surface area (Å²) in [7, 11) is 0. The van der Waals surface area contributed by atoms with Crippen LogP contribution in [-0.2, 0) is 17.6 Å². The second kappa shape index (κ2) is 5.93. The van der Waals surface area contributed by atoms with E-state index in [1.165, 1.54) is 16.9 Å². The van der Waals surface area contributed by atoms with Crippen molar-refractivity contribution in [1.29, 1.82) is 0 Å². The van der Waals surface area contributed by atoms with Gasteiger partial charge in [-0.2, -0.15) is 0 Å². The largest absolute Gasteiger partial charge is 0.464 e. The van der Waals surface area contributed by atoms with Crippen LogP contribution in [0.5, 0.6) is 0 Å². The first-order valence-electron chi connectivity index (χ1n) is 7.29. The van der Waals surface area contributed by atoms with Gasteiger partial charge in [0, 0.05) is 15.8 Å². The van der Waals surface area contributed by atoms with Crippen molar-refractivity contribution in [3.63, 3.8) is 0 Å². The lowest BCUT2D eigenvalue weighted by atomic mass is 10.1. The summed E-state index contributed by atoms with van der Waals surface area (Å²) in [5, 5.41) is 4.53. The highest BCUT2D eigenvalue weighted by Gasteiger charge is 2.13. The molecule has 0 aliphatic heterocycles. The molecule has 0 aliphatic carbocycles. The van der Waals surface area contributed by atoms with Gasteiger partial charge >= 0.3 is 0 Å². The summed E-state index contributed by atoms with van der Waals surface area (Å²) in [6.45, 7) is 6.05. The van der Waals surface area contributed by atoms with Gasteiger partial charge in [0.15, 0.2) is 5.13 Å². The van der Waals surface area contributed by atoms with Gasteiger partial charge in [0.25, 0.3) is 0 Å². The van der Waals surface area contributed by atoms with E-state index in [2.05, 4.69) is 29.4 Å². The lowest BCUT2D eigenvalue weighted by Crippen LogP contribution is -2.14. The number of amides is 1. The van der Waals surface area contributed by atoms with Crippen molar-refractivity contribution in [3.05, 3.63) is 46.2 Å². The SMILES string of the molecule is CCc1ccc2occ(CC(=O)Nc3nc(C)c(C)s3)c2c1. The number of furan rings is 1. The number of aromatic nitrogens is 1. The number of aryl methyl sites for hydroxylation is 3. The Hall–Kier alpha value is -2.14. The second-order valence-corrected chi connectivity index (χ2v) is 6.53. The van der Waals surface area contributed by atoms with Crippen LogP contribution in [0.1, 0.15) is 28.6 Å². The number of carbonyl (C=O) groups is 1. The maximum absolute atomic E-state index is 12.2. The number of hydrogen-bond donors (Lipinski definition) is 1. The smallest absolute Gasteiger partial charge is 0.230 e. The quantitative estimate of drug-likeness (QED) is 0.783. The number of fused-ring (bicyclic) bond motifs is 1. The molecule has 1 aromatic carbocycles. The van der Waals surface area contributed by atoms with Gasteiger partial charge in [-0.25, -0.2) is 4.98 Å². The zero-order valence-corrected chi connectivity index (χ0v) is 13.7. The van der Waals surface area contributed by atoms with Crippen LogP contribution >= 0.6 is 11.3 Å². The summed E-state index contributed by atoms with van der Waals surface area (Å²) in [6.07, 6.45) is 2.92. The normalized spacial score (nSPS) is 11.0. The van der Waals surface area contributed by atoms with Crippen molar-refractivity contribution >= 4 is 33.3 Å². The van der Waals surface area contributed by atoms with E-state index in [-0.39, 0.29) is 12.3 Å². The van der Waals surface area contributed by atoms with Crippen LogP contribution in [0.3, 0.4) is 0 Å². The number of benzene rings is 1. The fraction of sp³-hybridized carbons (Fsp3) is 0.294. The van der Waals surface area contributed by atoms with Crippen molar-refractivity contribution in [3.8, 4) is 0 Å². The summed E-state index contributed by atoms with van der Waals surface area (Å²) in [5.41, 5.74) is 3.93. The number of anilines is 1. The molecule has 2 heterocycles. The first kappa shape index (κ1) is 14.8. The van der Waals surface area contributed by atoms with Crippen molar-refractivity contribution < 1.29 is 9.21 Å². The Kier molecular flexibility index (Phi) is 3.98. The molecule has 5 heteroatoms. The summed E-state index contributed by atoms with van der Waals surface area (Å²) >= 11 is 1.50. The molecule has 3 aromatic rings. The highest BCUT2D eigenvalue weighted by Crippen LogP contribution is 2.25. The van der Waals surface area contributed by atoms with Crippen LogP contribution in [0.25, 0.3) is 11.0 Å². The summed E-state index contributed by atoms with van der Waals surface area (Å²) < 4.78 is 5.53. The van der Waals surface area contributed by atoms with E-state index in [1.807, 2.05) is 19.9 Å². The molecule has 1 amide bonds. The fourth-order valence-corrected chi connectivity index (χ4v) is 3.18. The molecule has 0 fully saturated rings. The number of carbonyl (C=O) groups excluding carboxylic acids is 1. The van der Waals surface area contributed by atoms with Gasteiger partial charge in [0.2, 0.25) is 5.91 Å². The third-order valence-electron chi connectivity index (χ3n) is 3.75. The lowest BCUT2D eigenvalue weighted by molar-refractivity contribution is -0.115. The van der Waals surface area contributed by atoms with E-state index >= 15 is 0 Å². The molecular formula is C17H18N2O2S. The molecule has 0 spiro atoms. The third-order valence-corrected chi connectivity index (χ3v) is 4.74. The molecule has 0 unspecified atom stereocenters. The maximum atomic E-state index is 12.2. The molecule has 0 bridgehead atoms. The van der Waals surface area contributed by atoms with Gasteiger partial charge < -0.3 is 9.73 Å². The zero-order chi connectivity index (χ0) is 15.7. The summed E-state index contributed by atoms with van der Waals surface area (Å²) in [6, 6.07) is 6.11. The molecular weight excluding hydrogens is 296 g/mol. The van der Waals surface area contributed by atoms with Gasteiger partial charge in [-0.1, -0.05) is 13.0 Å². The fourth-order valence-electron chi connectivity index (χ4n) is 2.35. The van der Waals surface area contributed by atoms with Gasteiger partial charge in [-0.3, -0.25) is 4.79 Å². The molecule has 2 aromatic heterocycles. The molecule has 22 heavy (non-hydrogen) atoms. The van der Waals surface area contributed by atoms with E-state index in [1.54, 1.807) is 6.26 Å². The van der Waals surface area contributed by atoms with Gasteiger partial charge in [-0.15, -0.1) is 11.3 Å². The van der Waals surface area contributed by atoms with Crippen LogP contribution in [0.15, 0.2) is 28.9 Å². The molecule has 0 atom stereocenters. The van der Waals surface area contributed by atoms with E-state index in [0.29, 0.717) is 5.13 Å². The van der Waals surface area contributed by atoms with Gasteiger partial charge in [0.05, 0.1) is 18.4 Å². The predicted molar refractivity (Wildman–Crippen MR) is 89.5 cm³/mol. The minimum absolute atomic E-state index is 0.0710. The van der Waals surface area contributed by atoms with Crippen molar-refractivity contribution in [2.24, 2.45) is 0 Å². The molecule has 0 radical (unpaired) electrons. The van der Waals surface area contributed by atoms with E-state index < -0.39 is 0 Å². The average molecular weight is 314 g/mol. The lowest BCUT2D eigenvalue weighted by Gasteiger charge is -2.01. The van der Waals surface area contributed by atoms with Crippen LogP contribution in [-0.4, -0.2) is 10.9 Å². The second-order valence-electron chi connectivity index (χ2n) is 5.33. The van der Waals surface area contributed by atoms with Crippen LogP contribution in [0.4, 0.5) is 5.13 Å². The van der Waals surface area contributed by atoms with E-state index in [9.17, 15) is 4.79 Å². The van der Waals surface area contributed by atoms with E-state index in [0.717, 1.165) is 33.5 Å². The van der Waals surface area contributed by atoms with Crippen LogP contribution in [0.2, 0.25) is 0 Å². The van der Waals surface area contributed by atoms with Crippen molar-refractivity contribution in [2.45, 2.75) is 33.6 Å². The van der Waals surface area contributed by atoms with E-state index in [4.69, 9.17) is 4.42 Å². The van der Waals surface area contributed by atoms with Crippen LogP contribution in [0, 0.1) is 13.8 Å².